The van der Waals surface area contributed by atoms with Gasteiger partial charge in [-0.05, 0) is 46.3 Å². The van der Waals surface area contributed by atoms with E-state index in [2.05, 4.69) is 26.1 Å². The average Bonchev–Trinajstić information content (AvgIpc) is 3.26. The summed E-state index contributed by atoms with van der Waals surface area (Å²) in [6, 6.07) is 5.92. The summed E-state index contributed by atoms with van der Waals surface area (Å²) in [7, 11) is 0. The van der Waals surface area contributed by atoms with Crippen molar-refractivity contribution in [2.75, 3.05) is 26.2 Å². The van der Waals surface area contributed by atoms with Gasteiger partial charge in [0.1, 0.15) is 0 Å². The second-order valence-corrected chi connectivity index (χ2v) is 6.39. The lowest BCUT2D eigenvalue weighted by Gasteiger charge is -2.35. The lowest BCUT2D eigenvalue weighted by molar-refractivity contribution is -0.385. The summed E-state index contributed by atoms with van der Waals surface area (Å²) in [5, 5.41) is 14.5. The second kappa shape index (κ2) is 5.79. The van der Waals surface area contributed by atoms with E-state index in [9.17, 15) is 10.1 Å². The third-order valence-corrected chi connectivity index (χ3v) is 4.79. The summed E-state index contributed by atoms with van der Waals surface area (Å²) in [5.41, 5.74) is 1.26. The predicted octanol–water partition coefficient (Wildman–Crippen LogP) is 2.71. The number of rotatable bonds is 4. The van der Waals surface area contributed by atoms with Crippen molar-refractivity contribution in [1.82, 2.24) is 10.2 Å². The van der Waals surface area contributed by atoms with E-state index in [1.807, 2.05) is 12.1 Å². The molecule has 0 aromatic heterocycles. The maximum atomic E-state index is 11.1. The van der Waals surface area contributed by atoms with E-state index in [0.717, 1.165) is 31.7 Å². The van der Waals surface area contributed by atoms with Crippen molar-refractivity contribution in [3.05, 3.63) is 38.3 Å². The quantitative estimate of drug-likeness (QED) is 0.676. The molecule has 1 heterocycles. The number of nitro groups is 1. The molecule has 2 aliphatic rings. The number of nitrogens with zero attached hydrogens (tertiary/aromatic N) is 2. The van der Waals surface area contributed by atoms with Crippen LogP contribution in [-0.2, 0) is 0 Å². The van der Waals surface area contributed by atoms with Gasteiger partial charge in [-0.3, -0.25) is 15.0 Å². The highest BCUT2D eigenvalue weighted by atomic mass is 79.9. The minimum absolute atomic E-state index is 0.170. The molecule has 0 bridgehead atoms. The molecule has 1 aromatic rings. The third-order valence-electron chi connectivity index (χ3n) is 4.12. The summed E-state index contributed by atoms with van der Waals surface area (Å²) in [5.74, 6) is 0.661. The van der Waals surface area contributed by atoms with E-state index >= 15 is 0 Å². The highest BCUT2D eigenvalue weighted by Crippen LogP contribution is 2.45. The molecule has 0 radical (unpaired) electrons. The predicted molar refractivity (Wildman–Crippen MR) is 80.7 cm³/mol. The van der Waals surface area contributed by atoms with E-state index in [1.165, 1.54) is 12.8 Å². The van der Waals surface area contributed by atoms with E-state index in [0.29, 0.717) is 16.4 Å². The van der Waals surface area contributed by atoms with Crippen molar-refractivity contribution in [1.29, 1.82) is 0 Å². The molecule has 108 valence electrons. The number of benzene rings is 1. The summed E-state index contributed by atoms with van der Waals surface area (Å²) >= 11 is 3.26. The van der Waals surface area contributed by atoms with Crippen molar-refractivity contribution in [2.24, 2.45) is 5.92 Å². The van der Waals surface area contributed by atoms with E-state index < -0.39 is 0 Å². The zero-order chi connectivity index (χ0) is 14.1. The van der Waals surface area contributed by atoms with Gasteiger partial charge in [-0.25, -0.2) is 0 Å². The Morgan fingerprint density at radius 1 is 1.35 bits per heavy atom. The van der Waals surface area contributed by atoms with E-state index in [-0.39, 0.29) is 10.6 Å². The number of hydrogen-bond acceptors (Lipinski definition) is 4. The van der Waals surface area contributed by atoms with Crippen LogP contribution >= 0.6 is 15.9 Å². The van der Waals surface area contributed by atoms with Crippen LogP contribution in [0.4, 0.5) is 5.69 Å². The summed E-state index contributed by atoms with van der Waals surface area (Å²) in [6.07, 6.45) is 2.47. The Balaban J connectivity index is 1.91. The Kier molecular flexibility index (Phi) is 4.05. The minimum Gasteiger partial charge on any atom is -0.314 e. The fourth-order valence-corrected chi connectivity index (χ4v) is 3.40. The molecule has 1 aliphatic heterocycles. The van der Waals surface area contributed by atoms with Crippen LogP contribution in [0.25, 0.3) is 0 Å². The molecule has 3 rings (SSSR count). The molecule has 1 atom stereocenters. The molecular formula is C14H18BrN3O2. The smallest absolute Gasteiger partial charge is 0.283 e. The average molecular weight is 340 g/mol. The van der Waals surface area contributed by atoms with Crippen LogP contribution in [0.5, 0.6) is 0 Å². The Labute approximate surface area is 126 Å². The molecule has 6 heteroatoms. The molecule has 5 nitrogen and oxygen atoms in total. The first-order valence-electron chi connectivity index (χ1n) is 7.05. The van der Waals surface area contributed by atoms with Crippen molar-refractivity contribution in [3.63, 3.8) is 0 Å². The topological polar surface area (TPSA) is 58.4 Å². The molecule has 0 unspecified atom stereocenters. The molecule has 20 heavy (non-hydrogen) atoms. The highest BCUT2D eigenvalue weighted by Gasteiger charge is 2.37. The monoisotopic (exact) mass is 339 g/mol. The van der Waals surface area contributed by atoms with Gasteiger partial charge < -0.3 is 5.32 Å². The van der Waals surface area contributed by atoms with Gasteiger partial charge in [0.2, 0.25) is 0 Å². The lowest BCUT2D eigenvalue weighted by Crippen LogP contribution is -2.45. The van der Waals surface area contributed by atoms with E-state index in [4.69, 9.17) is 0 Å². The van der Waals surface area contributed by atoms with Gasteiger partial charge in [-0.15, -0.1) is 0 Å². The fourth-order valence-electron chi connectivity index (χ4n) is 3.01. The molecular weight excluding hydrogens is 322 g/mol. The number of halogens is 1. The van der Waals surface area contributed by atoms with Crippen LogP contribution < -0.4 is 5.32 Å². The van der Waals surface area contributed by atoms with Crippen LogP contribution in [0, 0.1) is 16.0 Å². The summed E-state index contributed by atoms with van der Waals surface area (Å²) < 4.78 is 0.557. The standard InChI is InChI=1S/C14H18BrN3O2/c15-12-4-3-11(9-13(12)18(19)20)14(10-1-2-10)17-7-5-16-6-8-17/h3-4,9-10,14,16H,1-2,5-8H2/t14-/m1/s1. The number of nitro benzene ring substituents is 1. The first-order chi connectivity index (χ1) is 9.66. The van der Waals surface area contributed by atoms with E-state index in [1.54, 1.807) is 6.07 Å². The Bertz CT molecular complexity index is 513. The third kappa shape index (κ3) is 2.87. The Morgan fingerprint density at radius 3 is 2.65 bits per heavy atom. The molecule has 1 aliphatic carbocycles. The minimum atomic E-state index is -0.310. The molecule has 1 N–H and O–H groups in total. The number of hydrogen-bond donors (Lipinski definition) is 1. The maximum absolute atomic E-state index is 11.1. The van der Waals surface area contributed by atoms with Crippen molar-refractivity contribution >= 4 is 21.6 Å². The van der Waals surface area contributed by atoms with Gasteiger partial charge in [-0.2, -0.15) is 0 Å². The van der Waals surface area contributed by atoms with Crippen LogP contribution in [0.2, 0.25) is 0 Å². The number of piperazine rings is 1. The van der Waals surface area contributed by atoms with Gasteiger partial charge in [0.25, 0.3) is 5.69 Å². The van der Waals surface area contributed by atoms with Crippen LogP contribution in [0.15, 0.2) is 22.7 Å². The second-order valence-electron chi connectivity index (χ2n) is 5.54. The molecule has 1 saturated heterocycles. The summed E-state index contributed by atoms with van der Waals surface area (Å²) in [4.78, 5) is 13.3. The van der Waals surface area contributed by atoms with Crippen LogP contribution in [-0.4, -0.2) is 36.0 Å². The largest absolute Gasteiger partial charge is 0.314 e. The molecule has 0 spiro atoms. The molecule has 2 fully saturated rings. The zero-order valence-corrected chi connectivity index (χ0v) is 12.8. The SMILES string of the molecule is O=[N+]([O-])c1cc([C@@H](C2CC2)N2CCNCC2)ccc1Br. The zero-order valence-electron chi connectivity index (χ0n) is 11.2. The maximum Gasteiger partial charge on any atom is 0.283 e. The Hall–Kier alpha value is -0.980. The van der Waals surface area contributed by atoms with Crippen LogP contribution in [0.3, 0.4) is 0 Å². The molecule has 1 saturated carbocycles. The van der Waals surface area contributed by atoms with Gasteiger partial charge in [0.15, 0.2) is 0 Å². The van der Waals surface area contributed by atoms with Crippen LogP contribution in [0.1, 0.15) is 24.4 Å². The highest BCUT2D eigenvalue weighted by molar-refractivity contribution is 9.10. The van der Waals surface area contributed by atoms with Crippen molar-refractivity contribution in [2.45, 2.75) is 18.9 Å². The normalized spacial score (nSPS) is 21.6. The van der Waals surface area contributed by atoms with Crippen molar-refractivity contribution in [3.8, 4) is 0 Å². The van der Waals surface area contributed by atoms with Gasteiger partial charge in [-0.1, -0.05) is 6.07 Å². The first kappa shape index (κ1) is 14.0. The van der Waals surface area contributed by atoms with Gasteiger partial charge in [0, 0.05) is 38.3 Å². The molecule has 0 amide bonds. The summed E-state index contributed by atoms with van der Waals surface area (Å²) in [6.45, 7) is 4.04. The first-order valence-corrected chi connectivity index (χ1v) is 7.85. The number of nitrogens with one attached hydrogen (secondary N) is 1. The van der Waals surface area contributed by atoms with Crippen molar-refractivity contribution < 1.29 is 4.92 Å². The van der Waals surface area contributed by atoms with Gasteiger partial charge in [0.05, 0.1) is 9.40 Å². The molecule has 1 aromatic carbocycles. The lowest BCUT2D eigenvalue weighted by atomic mass is 9.99. The Morgan fingerprint density at radius 2 is 2.05 bits per heavy atom. The fraction of sp³-hybridized carbons (Fsp3) is 0.571. The van der Waals surface area contributed by atoms with Gasteiger partial charge >= 0.3 is 0 Å².